The number of methoxy groups -OCH3 is 1. The Morgan fingerprint density at radius 2 is 2.02 bits per heavy atom. The van der Waals surface area contributed by atoms with Gasteiger partial charge in [0.25, 0.3) is 0 Å². The van der Waals surface area contributed by atoms with Crippen molar-refractivity contribution in [3.63, 3.8) is 0 Å². The molecule has 0 saturated heterocycles. The van der Waals surface area contributed by atoms with Gasteiger partial charge in [0.15, 0.2) is 0 Å². The van der Waals surface area contributed by atoms with E-state index in [-0.39, 0.29) is 16.6 Å². The first-order chi connectivity index (χ1) is 19.2. The molecule has 0 aliphatic heterocycles. The van der Waals surface area contributed by atoms with Crippen LogP contribution in [0.4, 0.5) is 0 Å². The van der Waals surface area contributed by atoms with Crippen LogP contribution in [0.25, 0.3) is 21.7 Å². The van der Waals surface area contributed by atoms with Crippen LogP contribution in [0.2, 0.25) is 5.02 Å². The third kappa shape index (κ3) is 7.18. The standard InChI is InChI=1S/C32H34ClNO3S3/c1-31(2,36)24-10-5-4-8-22(24)12-13-26(39-20-32(15-16-32)18-28(35)37-3)23-9-6-7-21(17-23)11-14-27-34-29-25(33)19-38-30(29)40-27/h4-11,14,17,19,26,36H,12-13,15-16,18,20H2,1-3H3/t26-/m1/s1. The number of thiazole rings is 1. The number of carbonyl (C=O) groups excluding carboxylic acids is 1. The summed E-state index contributed by atoms with van der Waals surface area (Å²) in [4.78, 5) is 16.7. The predicted octanol–water partition coefficient (Wildman–Crippen LogP) is 9.16. The molecule has 1 N–H and O–H groups in total. The second kappa shape index (κ2) is 12.4. The molecule has 1 aliphatic carbocycles. The minimum Gasteiger partial charge on any atom is -0.469 e. The fourth-order valence-electron chi connectivity index (χ4n) is 4.99. The molecule has 0 radical (unpaired) electrons. The molecule has 2 aromatic carbocycles. The van der Waals surface area contributed by atoms with Gasteiger partial charge in [-0.2, -0.15) is 11.8 Å². The van der Waals surface area contributed by atoms with Crippen LogP contribution in [0.3, 0.4) is 0 Å². The van der Waals surface area contributed by atoms with E-state index in [0.717, 1.165) is 57.1 Å². The molecule has 5 rings (SSSR count). The number of halogens is 1. The van der Waals surface area contributed by atoms with Crippen molar-refractivity contribution in [2.75, 3.05) is 12.9 Å². The highest BCUT2D eigenvalue weighted by molar-refractivity contribution is 7.99. The Morgan fingerprint density at radius 3 is 2.75 bits per heavy atom. The second-order valence-corrected chi connectivity index (χ2v) is 14.8. The molecule has 210 valence electrons. The molecule has 40 heavy (non-hydrogen) atoms. The van der Waals surface area contributed by atoms with Crippen LogP contribution in [-0.2, 0) is 21.6 Å². The van der Waals surface area contributed by atoms with Crippen molar-refractivity contribution >= 4 is 73.7 Å². The minimum absolute atomic E-state index is 0.0531. The van der Waals surface area contributed by atoms with Crippen LogP contribution in [0, 0.1) is 5.41 Å². The minimum atomic E-state index is -0.892. The van der Waals surface area contributed by atoms with Crippen LogP contribution >= 0.6 is 46.0 Å². The second-order valence-electron chi connectivity index (χ2n) is 11.1. The van der Waals surface area contributed by atoms with E-state index in [0.29, 0.717) is 11.4 Å². The maximum absolute atomic E-state index is 12.0. The number of benzene rings is 2. The number of nitrogens with zero attached hydrogens (tertiary/aromatic N) is 1. The van der Waals surface area contributed by atoms with E-state index in [1.807, 2.05) is 49.2 Å². The average Bonchev–Trinajstić information content (AvgIpc) is 3.43. The molecule has 4 nitrogen and oxygen atoms in total. The fraction of sp³-hybridized carbons (Fsp3) is 0.375. The van der Waals surface area contributed by atoms with Gasteiger partial charge in [-0.15, -0.1) is 22.7 Å². The summed E-state index contributed by atoms with van der Waals surface area (Å²) in [5, 5.41) is 14.6. The first kappa shape index (κ1) is 29.3. The van der Waals surface area contributed by atoms with E-state index < -0.39 is 5.60 Å². The zero-order chi connectivity index (χ0) is 28.3. The molecule has 0 bridgehead atoms. The Bertz CT molecular complexity index is 1510. The summed E-state index contributed by atoms with van der Waals surface area (Å²) in [6, 6.07) is 16.9. The maximum Gasteiger partial charge on any atom is 0.306 e. The lowest BCUT2D eigenvalue weighted by Crippen LogP contribution is -2.18. The summed E-state index contributed by atoms with van der Waals surface area (Å²) in [5.41, 5.74) is 4.59. The van der Waals surface area contributed by atoms with Crippen molar-refractivity contribution in [3.05, 3.63) is 86.2 Å². The molecule has 0 unspecified atom stereocenters. The van der Waals surface area contributed by atoms with E-state index in [1.165, 1.54) is 18.2 Å². The van der Waals surface area contributed by atoms with Gasteiger partial charge in [0, 0.05) is 16.4 Å². The first-order valence-corrected chi connectivity index (χ1v) is 16.6. The Hall–Kier alpha value is -2.16. The molecule has 0 spiro atoms. The van der Waals surface area contributed by atoms with E-state index in [9.17, 15) is 9.90 Å². The number of rotatable bonds is 12. The lowest BCUT2D eigenvalue weighted by atomic mass is 9.90. The van der Waals surface area contributed by atoms with E-state index in [4.69, 9.17) is 16.3 Å². The van der Waals surface area contributed by atoms with E-state index >= 15 is 0 Å². The largest absolute Gasteiger partial charge is 0.469 e. The summed E-state index contributed by atoms with van der Waals surface area (Å²) >= 11 is 11.5. The van der Waals surface area contributed by atoms with E-state index in [1.54, 1.807) is 22.7 Å². The van der Waals surface area contributed by atoms with Gasteiger partial charge >= 0.3 is 5.97 Å². The van der Waals surface area contributed by atoms with Crippen LogP contribution < -0.4 is 0 Å². The van der Waals surface area contributed by atoms with Crippen LogP contribution in [0.1, 0.15) is 72.0 Å². The molecule has 1 atom stereocenters. The van der Waals surface area contributed by atoms with Gasteiger partial charge in [-0.3, -0.25) is 4.79 Å². The summed E-state index contributed by atoms with van der Waals surface area (Å²) in [6.07, 6.45) is 8.60. The molecule has 1 saturated carbocycles. The molecular weight excluding hydrogens is 578 g/mol. The molecule has 4 aromatic rings. The lowest BCUT2D eigenvalue weighted by Gasteiger charge is -2.24. The van der Waals surface area contributed by atoms with Gasteiger partial charge in [0.1, 0.15) is 14.5 Å². The highest BCUT2D eigenvalue weighted by Gasteiger charge is 2.45. The number of esters is 1. The first-order valence-electron chi connectivity index (χ1n) is 13.5. The zero-order valence-corrected chi connectivity index (χ0v) is 26.2. The monoisotopic (exact) mass is 611 g/mol. The Balaban J connectivity index is 1.36. The van der Waals surface area contributed by atoms with E-state index in [2.05, 4.69) is 47.5 Å². The normalized spacial score (nSPS) is 15.5. The molecule has 1 fully saturated rings. The van der Waals surface area contributed by atoms with Crippen molar-refractivity contribution in [3.8, 4) is 0 Å². The van der Waals surface area contributed by atoms with Crippen LogP contribution in [0.15, 0.2) is 53.9 Å². The average molecular weight is 612 g/mol. The van der Waals surface area contributed by atoms with Crippen molar-refractivity contribution < 1.29 is 14.6 Å². The quantitative estimate of drug-likeness (QED) is 0.162. The third-order valence-electron chi connectivity index (χ3n) is 7.46. The number of thiophene rings is 1. The molecule has 2 heterocycles. The summed E-state index contributed by atoms with van der Waals surface area (Å²) in [7, 11) is 1.47. The van der Waals surface area contributed by atoms with Gasteiger partial charge in [-0.1, -0.05) is 66.2 Å². The lowest BCUT2D eigenvalue weighted by molar-refractivity contribution is -0.141. The van der Waals surface area contributed by atoms with Gasteiger partial charge in [0.2, 0.25) is 0 Å². The fourth-order valence-corrected chi connectivity index (χ4v) is 8.84. The van der Waals surface area contributed by atoms with Gasteiger partial charge in [-0.05, 0) is 73.3 Å². The highest BCUT2D eigenvalue weighted by Crippen LogP contribution is 2.53. The third-order valence-corrected chi connectivity index (χ3v) is 11.7. The number of carbonyl (C=O) groups is 1. The summed E-state index contributed by atoms with van der Waals surface area (Å²) in [5.74, 6) is 0.806. The molecule has 0 amide bonds. The van der Waals surface area contributed by atoms with Crippen LogP contribution in [0.5, 0.6) is 0 Å². The predicted molar refractivity (Wildman–Crippen MR) is 171 cm³/mol. The van der Waals surface area contributed by atoms with Crippen molar-refractivity contribution in [1.82, 2.24) is 4.98 Å². The SMILES string of the molecule is COC(=O)CC1(CS[C@H](CCc2ccccc2C(C)(C)O)c2cccc(C=Cc3nc4c(Cl)csc4s3)c2)CC1. The Labute approximate surface area is 253 Å². The molecule has 2 aromatic heterocycles. The molecule has 8 heteroatoms. The Kier molecular flexibility index (Phi) is 9.08. The topological polar surface area (TPSA) is 59.4 Å². The number of aryl methyl sites for hydroxylation is 1. The number of hydrogen-bond donors (Lipinski definition) is 1. The molecule has 1 aliphatic rings. The van der Waals surface area contributed by atoms with Gasteiger partial charge in [0.05, 0.1) is 24.2 Å². The summed E-state index contributed by atoms with van der Waals surface area (Å²) < 4.78 is 6.12. The van der Waals surface area contributed by atoms with Crippen molar-refractivity contribution in [2.24, 2.45) is 5.41 Å². The number of thioether (sulfide) groups is 1. The zero-order valence-electron chi connectivity index (χ0n) is 23.0. The Morgan fingerprint density at radius 1 is 1.23 bits per heavy atom. The van der Waals surface area contributed by atoms with Gasteiger partial charge in [-0.25, -0.2) is 4.98 Å². The maximum atomic E-state index is 12.0. The smallest absolute Gasteiger partial charge is 0.306 e. The van der Waals surface area contributed by atoms with Crippen LogP contribution in [-0.4, -0.2) is 28.9 Å². The van der Waals surface area contributed by atoms with Gasteiger partial charge < -0.3 is 9.84 Å². The highest BCUT2D eigenvalue weighted by atomic mass is 35.5. The summed E-state index contributed by atoms with van der Waals surface area (Å²) in [6.45, 7) is 3.69. The number of ether oxygens (including phenoxy) is 1. The van der Waals surface area contributed by atoms with Crippen molar-refractivity contribution in [1.29, 1.82) is 0 Å². The number of aliphatic hydroxyl groups is 1. The number of fused-ring (bicyclic) bond motifs is 1. The van der Waals surface area contributed by atoms with Crippen molar-refractivity contribution in [2.45, 2.75) is 56.8 Å². The number of aromatic nitrogens is 1. The number of hydrogen-bond acceptors (Lipinski definition) is 7. The molecular formula is C32H34ClNO3S3.